The van der Waals surface area contributed by atoms with Crippen LogP contribution in [0.4, 0.5) is 0 Å². The van der Waals surface area contributed by atoms with E-state index in [4.69, 9.17) is 14.9 Å². The van der Waals surface area contributed by atoms with Gasteiger partial charge in [-0.1, -0.05) is 12.1 Å². The number of carbonyl (C=O) groups is 3. The fourth-order valence-electron chi connectivity index (χ4n) is 1.95. The highest BCUT2D eigenvalue weighted by Crippen LogP contribution is 2.20. The second-order valence-electron chi connectivity index (χ2n) is 4.73. The number of hydrogen-bond donors (Lipinski definition) is 2. The Morgan fingerprint density at radius 2 is 1.87 bits per heavy atom. The molecule has 0 fully saturated rings. The van der Waals surface area contributed by atoms with Crippen LogP contribution in [0.3, 0.4) is 0 Å². The van der Waals surface area contributed by atoms with Crippen molar-refractivity contribution in [2.24, 2.45) is 4.99 Å². The van der Waals surface area contributed by atoms with E-state index in [1.807, 2.05) is 0 Å². The van der Waals surface area contributed by atoms with E-state index >= 15 is 0 Å². The van der Waals surface area contributed by atoms with Gasteiger partial charge < -0.3 is 14.9 Å². The number of ether oxygens (including phenoxy) is 1. The van der Waals surface area contributed by atoms with Crippen molar-refractivity contribution in [3.63, 3.8) is 0 Å². The van der Waals surface area contributed by atoms with Gasteiger partial charge in [-0.25, -0.2) is 9.79 Å². The molecule has 0 spiro atoms. The van der Waals surface area contributed by atoms with Gasteiger partial charge in [-0.15, -0.1) is 0 Å². The van der Waals surface area contributed by atoms with Crippen molar-refractivity contribution in [2.75, 3.05) is 13.2 Å². The van der Waals surface area contributed by atoms with Crippen LogP contribution < -0.4 is 4.74 Å². The van der Waals surface area contributed by atoms with Crippen LogP contribution in [0.2, 0.25) is 0 Å². The average Bonchev–Trinajstić information content (AvgIpc) is 2.74. The number of hydrogen-bond acceptors (Lipinski definition) is 5. The molecule has 0 saturated carbocycles. The molecule has 120 valence electrons. The number of aliphatic carboxylic acids is 2. The lowest BCUT2D eigenvalue weighted by Gasteiger charge is -2.12. The third kappa shape index (κ3) is 4.16. The molecule has 1 heterocycles. The summed E-state index contributed by atoms with van der Waals surface area (Å²) in [6.07, 6.45) is 1.52. The van der Waals surface area contributed by atoms with Gasteiger partial charge in [-0.2, -0.15) is 0 Å². The number of carboxylic acids is 2. The van der Waals surface area contributed by atoms with Crippen molar-refractivity contribution in [2.45, 2.75) is 6.92 Å². The highest BCUT2D eigenvalue weighted by molar-refractivity contribution is 6.14. The SMILES string of the molecule is CC1=N/C(=C\c2ccc(OCC(=O)O)cc2)C(=O)N1CC(=O)O. The lowest BCUT2D eigenvalue weighted by Crippen LogP contribution is -2.35. The van der Waals surface area contributed by atoms with Gasteiger partial charge in [-0.3, -0.25) is 14.5 Å². The number of nitrogens with zero attached hydrogens (tertiary/aromatic N) is 2. The first kappa shape index (κ1) is 16.2. The topological polar surface area (TPSA) is 117 Å². The number of benzene rings is 1. The van der Waals surface area contributed by atoms with Crippen LogP contribution in [0.1, 0.15) is 12.5 Å². The first-order chi connectivity index (χ1) is 10.9. The smallest absolute Gasteiger partial charge is 0.341 e. The minimum atomic E-state index is -1.12. The molecule has 2 N–H and O–H groups in total. The molecule has 0 atom stereocenters. The zero-order valence-electron chi connectivity index (χ0n) is 12.2. The molecule has 0 radical (unpaired) electrons. The van der Waals surface area contributed by atoms with E-state index in [1.165, 1.54) is 6.08 Å². The summed E-state index contributed by atoms with van der Waals surface area (Å²) < 4.78 is 5.00. The van der Waals surface area contributed by atoms with Gasteiger partial charge in [0.2, 0.25) is 0 Å². The molecule has 2 rings (SSSR count). The minimum Gasteiger partial charge on any atom is -0.482 e. The molecule has 1 aromatic carbocycles. The Balaban J connectivity index is 2.11. The Hall–Kier alpha value is -3.16. The minimum absolute atomic E-state index is 0.142. The zero-order valence-corrected chi connectivity index (χ0v) is 12.2. The summed E-state index contributed by atoms with van der Waals surface area (Å²) in [5.74, 6) is -1.95. The summed E-state index contributed by atoms with van der Waals surface area (Å²) in [5.41, 5.74) is 0.799. The predicted octanol–water partition coefficient (Wildman–Crippen LogP) is 0.836. The Bertz CT molecular complexity index is 705. The summed E-state index contributed by atoms with van der Waals surface area (Å²) in [5, 5.41) is 17.3. The quantitative estimate of drug-likeness (QED) is 0.751. The molecule has 8 heteroatoms. The highest BCUT2D eigenvalue weighted by Gasteiger charge is 2.28. The van der Waals surface area contributed by atoms with E-state index in [9.17, 15) is 14.4 Å². The Labute approximate surface area is 131 Å². The van der Waals surface area contributed by atoms with Crippen LogP contribution in [-0.2, 0) is 14.4 Å². The largest absolute Gasteiger partial charge is 0.482 e. The third-order valence-corrected chi connectivity index (χ3v) is 2.98. The number of amides is 1. The normalized spacial score (nSPS) is 15.7. The van der Waals surface area contributed by atoms with Crippen LogP contribution in [0.15, 0.2) is 35.0 Å². The van der Waals surface area contributed by atoms with Crippen molar-refractivity contribution < 1.29 is 29.3 Å². The molecule has 0 unspecified atom stereocenters. The molecular formula is C15H14N2O6. The highest BCUT2D eigenvalue weighted by atomic mass is 16.5. The fraction of sp³-hybridized carbons (Fsp3) is 0.200. The molecule has 1 amide bonds. The molecule has 1 aliphatic rings. The van der Waals surface area contributed by atoms with E-state index in [0.717, 1.165) is 4.90 Å². The predicted molar refractivity (Wildman–Crippen MR) is 80.0 cm³/mol. The lowest BCUT2D eigenvalue weighted by molar-refractivity contribution is -0.140. The molecule has 1 aliphatic heterocycles. The summed E-state index contributed by atoms with van der Waals surface area (Å²) in [6, 6.07) is 6.42. The first-order valence-electron chi connectivity index (χ1n) is 6.62. The molecule has 0 bridgehead atoms. The van der Waals surface area contributed by atoms with Crippen LogP contribution in [0.5, 0.6) is 5.75 Å². The molecule has 8 nitrogen and oxygen atoms in total. The standard InChI is InChI=1S/C15H14N2O6/c1-9-16-12(15(22)17(9)7-13(18)19)6-10-2-4-11(5-3-10)23-8-14(20)21/h2-6H,7-8H2,1H3,(H,18,19)(H,20,21)/b12-6-. The van der Waals surface area contributed by atoms with Crippen molar-refractivity contribution in [3.05, 3.63) is 35.5 Å². The summed E-state index contributed by atoms with van der Waals surface area (Å²) in [4.78, 5) is 38.4. The van der Waals surface area contributed by atoms with Crippen LogP contribution in [0, 0.1) is 0 Å². The zero-order chi connectivity index (χ0) is 17.0. The first-order valence-corrected chi connectivity index (χ1v) is 6.62. The van der Waals surface area contributed by atoms with E-state index in [2.05, 4.69) is 4.99 Å². The molecule has 0 aromatic heterocycles. The van der Waals surface area contributed by atoms with Gasteiger partial charge in [0.25, 0.3) is 5.91 Å². The van der Waals surface area contributed by atoms with Gasteiger partial charge in [0.1, 0.15) is 23.8 Å². The maximum Gasteiger partial charge on any atom is 0.341 e. The number of aliphatic imine (C=N–C) groups is 1. The number of amidine groups is 1. The summed E-state index contributed by atoms with van der Waals surface area (Å²) in [6.45, 7) is 0.685. The Kier molecular flexibility index (Phi) is 4.75. The maximum atomic E-state index is 12.1. The third-order valence-electron chi connectivity index (χ3n) is 2.98. The fourth-order valence-corrected chi connectivity index (χ4v) is 1.95. The molecular weight excluding hydrogens is 304 g/mol. The van der Waals surface area contributed by atoms with Gasteiger partial charge in [0, 0.05) is 0 Å². The van der Waals surface area contributed by atoms with Gasteiger partial charge in [0.05, 0.1) is 0 Å². The van der Waals surface area contributed by atoms with Gasteiger partial charge in [-0.05, 0) is 30.7 Å². The van der Waals surface area contributed by atoms with E-state index < -0.39 is 31.0 Å². The number of rotatable bonds is 6. The van der Waals surface area contributed by atoms with Crippen LogP contribution in [0.25, 0.3) is 6.08 Å². The molecule has 0 aliphatic carbocycles. The Morgan fingerprint density at radius 3 is 2.43 bits per heavy atom. The van der Waals surface area contributed by atoms with Gasteiger partial charge in [0.15, 0.2) is 6.61 Å². The summed E-state index contributed by atoms with van der Waals surface area (Å²) >= 11 is 0. The van der Waals surface area contributed by atoms with Crippen molar-refractivity contribution in [1.82, 2.24) is 4.90 Å². The van der Waals surface area contributed by atoms with E-state index in [-0.39, 0.29) is 5.70 Å². The van der Waals surface area contributed by atoms with Crippen molar-refractivity contribution in [1.29, 1.82) is 0 Å². The second kappa shape index (κ2) is 6.73. The monoisotopic (exact) mass is 318 g/mol. The Morgan fingerprint density at radius 1 is 1.22 bits per heavy atom. The molecule has 23 heavy (non-hydrogen) atoms. The maximum absolute atomic E-state index is 12.1. The number of carbonyl (C=O) groups excluding carboxylic acids is 1. The van der Waals surface area contributed by atoms with Crippen LogP contribution in [-0.4, -0.2) is 51.9 Å². The van der Waals surface area contributed by atoms with Crippen LogP contribution >= 0.6 is 0 Å². The molecule has 1 aromatic rings. The summed E-state index contributed by atoms with van der Waals surface area (Å²) in [7, 11) is 0. The number of carboxylic acid groups (broad SMARTS) is 2. The lowest BCUT2D eigenvalue weighted by atomic mass is 10.2. The van der Waals surface area contributed by atoms with Crippen molar-refractivity contribution in [3.8, 4) is 5.75 Å². The average molecular weight is 318 g/mol. The second-order valence-corrected chi connectivity index (χ2v) is 4.73. The van der Waals surface area contributed by atoms with Crippen molar-refractivity contribution >= 4 is 29.8 Å². The van der Waals surface area contributed by atoms with E-state index in [1.54, 1.807) is 31.2 Å². The molecule has 0 saturated heterocycles. The van der Waals surface area contributed by atoms with Gasteiger partial charge >= 0.3 is 11.9 Å². The van der Waals surface area contributed by atoms with E-state index in [0.29, 0.717) is 17.1 Å².